The van der Waals surface area contributed by atoms with Gasteiger partial charge in [0.2, 0.25) is 0 Å². The molecule has 138 valence electrons. The van der Waals surface area contributed by atoms with Gasteiger partial charge in [0.25, 0.3) is 5.91 Å². The van der Waals surface area contributed by atoms with Crippen molar-refractivity contribution in [1.29, 1.82) is 0 Å². The Hall–Kier alpha value is -2.43. The monoisotopic (exact) mass is 346 g/mol. The summed E-state index contributed by atoms with van der Waals surface area (Å²) in [7, 11) is 0. The number of carboxylic acid groups (broad SMARTS) is 1. The summed E-state index contributed by atoms with van der Waals surface area (Å²) in [6.07, 6.45) is 2.83. The van der Waals surface area contributed by atoms with E-state index >= 15 is 0 Å². The molecule has 0 aliphatic rings. The first-order chi connectivity index (χ1) is 11.9. The molecule has 0 aliphatic heterocycles. The molecule has 0 saturated heterocycles. The lowest BCUT2D eigenvalue weighted by atomic mass is 10.1. The highest BCUT2D eigenvalue weighted by Crippen LogP contribution is 2.13. The van der Waals surface area contributed by atoms with E-state index in [2.05, 4.69) is 10.3 Å². The molecule has 1 aromatic carbocycles. The van der Waals surface area contributed by atoms with Gasteiger partial charge < -0.3 is 10.4 Å². The van der Waals surface area contributed by atoms with Crippen molar-refractivity contribution in [2.75, 3.05) is 6.54 Å². The fourth-order valence-electron chi connectivity index (χ4n) is 1.89. The number of aromatic nitrogens is 1. The lowest BCUT2D eigenvalue weighted by Crippen LogP contribution is -2.22. The van der Waals surface area contributed by atoms with Crippen molar-refractivity contribution in [1.82, 2.24) is 10.3 Å². The number of benzene rings is 1. The van der Waals surface area contributed by atoms with Gasteiger partial charge in [-0.2, -0.15) is 0 Å². The maximum Gasteiger partial charge on any atom is 0.303 e. The fourth-order valence-corrected chi connectivity index (χ4v) is 1.89. The van der Waals surface area contributed by atoms with Crippen molar-refractivity contribution >= 4 is 22.8 Å². The molecule has 1 amide bonds. The number of amides is 1. The quantitative estimate of drug-likeness (QED) is 0.834. The van der Waals surface area contributed by atoms with Gasteiger partial charge in [-0.25, -0.2) is 0 Å². The fraction of sp³-hybridized carbons (Fsp3) is 0.450. The second-order valence-electron chi connectivity index (χ2n) is 5.60. The van der Waals surface area contributed by atoms with Gasteiger partial charge in [0.1, 0.15) is 0 Å². The van der Waals surface area contributed by atoms with Gasteiger partial charge in [-0.05, 0) is 43.5 Å². The summed E-state index contributed by atoms with van der Waals surface area (Å²) in [5, 5.41) is 11.9. The van der Waals surface area contributed by atoms with E-state index in [0.29, 0.717) is 24.4 Å². The van der Waals surface area contributed by atoms with E-state index in [-0.39, 0.29) is 5.91 Å². The summed E-state index contributed by atoms with van der Waals surface area (Å²) in [5.41, 5.74) is 1.59. The molecule has 2 aromatic rings. The second kappa shape index (κ2) is 12.9. The number of carbonyl (C=O) groups excluding carboxylic acids is 1. The zero-order chi connectivity index (χ0) is 19.2. The summed E-state index contributed by atoms with van der Waals surface area (Å²) in [6, 6.07) is 9.32. The Kier molecular flexibility index (Phi) is 11.7. The molecule has 5 heteroatoms. The first-order valence-electron chi connectivity index (χ1n) is 8.78. The average Bonchev–Trinajstić information content (AvgIpc) is 2.62. The molecule has 0 atom stereocenters. The Balaban J connectivity index is 0.000000493. The molecule has 0 fully saturated rings. The summed E-state index contributed by atoms with van der Waals surface area (Å²) in [6.45, 7) is 10.6. The standard InChI is InChI=1S/C12H12N2O.C6H12O2.C2H6/c1-2-13-12(15)10-5-6-11-9(8-10)4-3-7-14-11;1-5(2)3-4-6(7)8;1-2/h3-8H,2H2,1H3,(H,13,15);5H,3-4H2,1-2H3,(H,7,8);1-2H3. The van der Waals surface area contributed by atoms with Crippen LogP contribution in [0.5, 0.6) is 0 Å². The predicted octanol–water partition coefficient (Wildman–Crippen LogP) is 4.52. The van der Waals surface area contributed by atoms with Crippen LogP contribution in [0.3, 0.4) is 0 Å². The van der Waals surface area contributed by atoms with Crippen molar-refractivity contribution in [3.05, 3.63) is 42.1 Å². The van der Waals surface area contributed by atoms with E-state index in [1.165, 1.54) is 0 Å². The second-order valence-corrected chi connectivity index (χ2v) is 5.60. The van der Waals surface area contributed by atoms with Crippen molar-refractivity contribution in [3.8, 4) is 0 Å². The van der Waals surface area contributed by atoms with Gasteiger partial charge in [0.15, 0.2) is 0 Å². The van der Waals surface area contributed by atoms with Gasteiger partial charge in [-0.15, -0.1) is 0 Å². The zero-order valence-corrected chi connectivity index (χ0v) is 15.9. The molecule has 0 radical (unpaired) electrons. The summed E-state index contributed by atoms with van der Waals surface area (Å²) in [5.74, 6) is -0.229. The molecule has 0 bridgehead atoms. The van der Waals surface area contributed by atoms with Crippen molar-refractivity contribution < 1.29 is 14.7 Å². The number of nitrogens with one attached hydrogen (secondary N) is 1. The Morgan fingerprint density at radius 1 is 1.20 bits per heavy atom. The molecule has 0 spiro atoms. The molecule has 0 unspecified atom stereocenters. The largest absolute Gasteiger partial charge is 0.481 e. The van der Waals surface area contributed by atoms with Gasteiger partial charge in [-0.3, -0.25) is 14.6 Å². The lowest BCUT2D eigenvalue weighted by molar-refractivity contribution is -0.137. The Labute approximate surface area is 150 Å². The maximum absolute atomic E-state index is 11.6. The first-order valence-corrected chi connectivity index (χ1v) is 8.78. The number of carbonyl (C=O) groups is 2. The van der Waals surface area contributed by atoms with Crippen LogP contribution in [-0.2, 0) is 4.79 Å². The minimum absolute atomic E-state index is 0.0387. The molecule has 1 heterocycles. The van der Waals surface area contributed by atoms with Crippen LogP contribution in [0.15, 0.2) is 36.5 Å². The molecular formula is C20H30N2O3. The first kappa shape index (κ1) is 22.6. The number of nitrogens with zero attached hydrogens (tertiary/aromatic N) is 1. The molecule has 0 saturated carbocycles. The normalized spacial score (nSPS) is 9.52. The number of carboxylic acids is 1. The van der Waals surface area contributed by atoms with Crippen LogP contribution in [0.4, 0.5) is 0 Å². The molecular weight excluding hydrogens is 316 g/mol. The SMILES string of the molecule is CC.CC(C)CCC(=O)O.CCNC(=O)c1ccc2ncccc2c1. The van der Waals surface area contributed by atoms with E-state index in [4.69, 9.17) is 5.11 Å². The van der Waals surface area contributed by atoms with Crippen LogP contribution in [0.25, 0.3) is 10.9 Å². The smallest absolute Gasteiger partial charge is 0.303 e. The van der Waals surface area contributed by atoms with Gasteiger partial charge >= 0.3 is 5.97 Å². The van der Waals surface area contributed by atoms with E-state index in [1.54, 1.807) is 12.3 Å². The minimum atomic E-state index is -0.696. The highest BCUT2D eigenvalue weighted by atomic mass is 16.4. The minimum Gasteiger partial charge on any atom is -0.481 e. The summed E-state index contributed by atoms with van der Waals surface area (Å²) >= 11 is 0. The van der Waals surface area contributed by atoms with Crippen LogP contribution in [0.2, 0.25) is 0 Å². The Bertz CT molecular complexity index is 654. The highest BCUT2D eigenvalue weighted by molar-refractivity contribution is 5.97. The Morgan fingerprint density at radius 3 is 2.40 bits per heavy atom. The number of fused-ring (bicyclic) bond motifs is 1. The van der Waals surface area contributed by atoms with E-state index in [0.717, 1.165) is 17.3 Å². The van der Waals surface area contributed by atoms with E-state index < -0.39 is 5.97 Å². The maximum atomic E-state index is 11.6. The number of hydrogen-bond donors (Lipinski definition) is 2. The molecule has 1 aromatic heterocycles. The van der Waals surface area contributed by atoms with E-state index in [1.807, 2.05) is 58.9 Å². The number of pyridine rings is 1. The lowest BCUT2D eigenvalue weighted by Gasteiger charge is -2.03. The molecule has 2 N–H and O–H groups in total. The van der Waals surface area contributed by atoms with Crippen molar-refractivity contribution in [2.24, 2.45) is 5.92 Å². The average molecular weight is 346 g/mol. The van der Waals surface area contributed by atoms with Gasteiger partial charge in [0.05, 0.1) is 5.52 Å². The number of aliphatic carboxylic acids is 1. The van der Waals surface area contributed by atoms with Crippen molar-refractivity contribution in [3.63, 3.8) is 0 Å². The summed E-state index contributed by atoms with van der Waals surface area (Å²) in [4.78, 5) is 25.7. The van der Waals surface area contributed by atoms with Gasteiger partial charge in [-0.1, -0.05) is 33.8 Å². The Morgan fingerprint density at radius 2 is 1.88 bits per heavy atom. The zero-order valence-electron chi connectivity index (χ0n) is 15.9. The summed E-state index contributed by atoms with van der Waals surface area (Å²) < 4.78 is 0. The number of rotatable bonds is 5. The molecule has 5 nitrogen and oxygen atoms in total. The third-order valence-electron chi connectivity index (χ3n) is 3.14. The van der Waals surface area contributed by atoms with Crippen LogP contribution in [0, 0.1) is 5.92 Å². The number of hydrogen-bond acceptors (Lipinski definition) is 3. The van der Waals surface area contributed by atoms with Gasteiger partial charge in [0, 0.05) is 30.1 Å². The third kappa shape index (κ3) is 9.45. The predicted molar refractivity (Wildman–Crippen MR) is 103 cm³/mol. The molecule has 0 aliphatic carbocycles. The topological polar surface area (TPSA) is 79.3 Å². The highest BCUT2D eigenvalue weighted by Gasteiger charge is 2.04. The molecule has 2 rings (SSSR count). The van der Waals surface area contributed by atoms with E-state index in [9.17, 15) is 9.59 Å². The van der Waals surface area contributed by atoms with Crippen LogP contribution < -0.4 is 5.32 Å². The van der Waals surface area contributed by atoms with Crippen LogP contribution >= 0.6 is 0 Å². The van der Waals surface area contributed by atoms with Crippen LogP contribution in [0.1, 0.15) is 57.8 Å². The third-order valence-corrected chi connectivity index (χ3v) is 3.14. The molecule has 25 heavy (non-hydrogen) atoms. The van der Waals surface area contributed by atoms with Crippen molar-refractivity contribution in [2.45, 2.75) is 47.5 Å². The van der Waals surface area contributed by atoms with Crippen LogP contribution in [-0.4, -0.2) is 28.5 Å².